The summed E-state index contributed by atoms with van der Waals surface area (Å²) >= 11 is 6.50. The van der Waals surface area contributed by atoms with Crippen LogP contribution in [-0.2, 0) is 26.6 Å². The van der Waals surface area contributed by atoms with Crippen LogP contribution in [0.5, 0.6) is 5.75 Å². The van der Waals surface area contributed by atoms with E-state index in [1.165, 1.54) is 11.1 Å². The Morgan fingerprint density at radius 3 is 2.52 bits per heavy atom. The largest absolute Gasteiger partial charge is 0.490 e. The molecule has 5 aliphatic rings. The first kappa shape index (κ1) is 37.7. The summed E-state index contributed by atoms with van der Waals surface area (Å²) < 4.78 is 43.0. The summed E-state index contributed by atoms with van der Waals surface area (Å²) in [5.41, 5.74) is 2.90. The molecule has 2 bridgehead atoms. The maximum atomic E-state index is 13.6. The van der Waals surface area contributed by atoms with Crippen LogP contribution in [0.15, 0.2) is 48.6 Å². The van der Waals surface area contributed by atoms with Gasteiger partial charge in [-0.2, -0.15) is 0 Å². The van der Waals surface area contributed by atoms with Crippen LogP contribution in [0.25, 0.3) is 0 Å². The van der Waals surface area contributed by atoms with E-state index in [1.54, 1.807) is 13.0 Å². The number of carbonyl (C=O) groups is 1. The van der Waals surface area contributed by atoms with Crippen LogP contribution in [0, 0.1) is 17.8 Å². The SMILES string of the molecule is CO[C@]1(CN2C[C@@H](C)N(C)[C@@H](C)C2)/C=C/C[C@H](C)[C@@H](C)S(=O)(=O)NC(=O)c2ccc3c(c2)N(CC2CC[C@H]21)C[C@@]1(CCCc2cc(Cl)ccc21)CO3. The minimum absolute atomic E-state index is 0.217. The lowest BCUT2D eigenvalue weighted by molar-refractivity contribution is -0.101. The molecule has 1 N–H and O–H groups in total. The Morgan fingerprint density at radius 2 is 1.81 bits per heavy atom. The summed E-state index contributed by atoms with van der Waals surface area (Å²) in [5, 5.41) is -0.0273. The fraction of sp³-hybridized carbons (Fsp3) is 0.634. The number of hydrogen-bond donors (Lipinski definition) is 1. The highest BCUT2D eigenvalue weighted by Gasteiger charge is 2.50. The number of halogens is 1. The Balaban J connectivity index is 1.31. The van der Waals surface area contributed by atoms with Gasteiger partial charge in [-0.1, -0.05) is 36.7 Å². The zero-order chi connectivity index (χ0) is 37.0. The summed E-state index contributed by atoms with van der Waals surface area (Å²) in [4.78, 5) is 21.1. The molecule has 1 saturated carbocycles. The summed E-state index contributed by atoms with van der Waals surface area (Å²) in [6, 6.07) is 12.5. The molecule has 2 aromatic carbocycles. The van der Waals surface area contributed by atoms with Crippen LogP contribution >= 0.6 is 11.6 Å². The Bertz CT molecular complexity index is 1790. The molecule has 2 aliphatic carbocycles. The van der Waals surface area contributed by atoms with E-state index in [4.69, 9.17) is 21.1 Å². The second kappa shape index (κ2) is 14.5. The maximum absolute atomic E-state index is 13.6. The van der Waals surface area contributed by atoms with E-state index in [2.05, 4.69) is 64.6 Å². The number of amides is 1. The number of allylic oxidation sites excluding steroid dienone is 1. The predicted molar refractivity (Wildman–Crippen MR) is 208 cm³/mol. The van der Waals surface area contributed by atoms with Crippen LogP contribution in [-0.4, -0.2) is 101 Å². The summed E-state index contributed by atoms with van der Waals surface area (Å²) in [6.07, 6.45) is 10.1. The second-order valence-corrected chi connectivity index (χ2v) is 19.2. The van der Waals surface area contributed by atoms with E-state index in [0.717, 1.165) is 81.3 Å². The first-order valence-corrected chi connectivity index (χ1v) is 21.2. The molecule has 9 nitrogen and oxygen atoms in total. The number of likely N-dealkylation sites (N-methyl/N-ethyl adjacent to an activating group) is 1. The van der Waals surface area contributed by atoms with Gasteiger partial charge in [-0.3, -0.25) is 14.6 Å². The lowest BCUT2D eigenvalue weighted by Crippen LogP contribution is -2.61. The van der Waals surface area contributed by atoms with E-state index in [9.17, 15) is 13.2 Å². The molecule has 284 valence electrons. The zero-order valence-electron chi connectivity index (χ0n) is 31.7. The molecule has 1 spiro atoms. The smallest absolute Gasteiger partial charge is 0.264 e. The van der Waals surface area contributed by atoms with Crippen LogP contribution in [0.4, 0.5) is 5.69 Å². The van der Waals surface area contributed by atoms with Gasteiger partial charge in [-0.05, 0) is 126 Å². The minimum Gasteiger partial charge on any atom is -0.490 e. The van der Waals surface area contributed by atoms with Crippen molar-refractivity contribution in [3.05, 3.63) is 70.3 Å². The van der Waals surface area contributed by atoms with Gasteiger partial charge < -0.3 is 14.4 Å². The van der Waals surface area contributed by atoms with Gasteiger partial charge in [0.05, 0.1) is 17.5 Å². The lowest BCUT2D eigenvalue weighted by Gasteiger charge is -2.53. The van der Waals surface area contributed by atoms with Crippen molar-refractivity contribution in [2.24, 2.45) is 17.8 Å². The number of hydrogen-bond acceptors (Lipinski definition) is 8. The molecular formula is C41H57ClN4O5S. The molecule has 8 atom stereocenters. The van der Waals surface area contributed by atoms with Crippen molar-refractivity contribution in [3.8, 4) is 5.75 Å². The number of piperazine rings is 1. The number of rotatable bonds is 3. The third-order valence-electron chi connectivity index (χ3n) is 13.5. The predicted octanol–water partition coefficient (Wildman–Crippen LogP) is 6.29. The molecule has 7 rings (SSSR count). The van der Waals surface area contributed by atoms with Gasteiger partial charge in [-0.25, -0.2) is 13.1 Å². The van der Waals surface area contributed by atoms with Gasteiger partial charge in [-0.15, -0.1) is 0 Å². The summed E-state index contributed by atoms with van der Waals surface area (Å²) in [7, 11) is 0.116. The van der Waals surface area contributed by atoms with Gasteiger partial charge in [0, 0.05) is 67.9 Å². The topological polar surface area (TPSA) is 91.4 Å². The van der Waals surface area contributed by atoms with Crippen LogP contribution < -0.4 is 14.4 Å². The number of anilines is 1. The Kier molecular flexibility index (Phi) is 10.5. The standard InChI is InChI=1S/C41H57ClN4O5S/c1-27-9-7-18-41(50-6,25-45-21-28(2)44(5)29(3)22-45)36-14-11-33(36)23-46-24-40(17-8-10-31-19-34(42)13-15-35(31)40)26-51-38-16-12-32(20-37(38)46)39(47)43-52(48,49)30(27)4/h7,12-13,15-16,18-20,27-30,33,36H,8-11,14,17,21-26H2,1-6H3,(H,43,47)/b18-7+/t27-,28-,29+,30+,33?,36+,40-,41-/m0/s1. The van der Waals surface area contributed by atoms with E-state index in [-0.39, 0.29) is 17.3 Å². The molecule has 0 aromatic heterocycles. The fourth-order valence-electron chi connectivity index (χ4n) is 9.80. The van der Waals surface area contributed by atoms with Gasteiger partial charge in [0.2, 0.25) is 10.0 Å². The number of methoxy groups -OCH3 is 1. The summed E-state index contributed by atoms with van der Waals surface area (Å²) in [6.45, 7) is 13.0. The Morgan fingerprint density at radius 1 is 1.04 bits per heavy atom. The van der Waals surface area contributed by atoms with E-state index >= 15 is 0 Å². The second-order valence-electron chi connectivity index (χ2n) is 16.7. The number of nitrogens with one attached hydrogen (secondary N) is 1. The van der Waals surface area contributed by atoms with E-state index in [1.807, 2.05) is 32.2 Å². The molecule has 2 fully saturated rings. The van der Waals surface area contributed by atoms with E-state index in [0.29, 0.717) is 36.6 Å². The number of sulfonamides is 1. The van der Waals surface area contributed by atoms with Crippen molar-refractivity contribution in [1.29, 1.82) is 0 Å². The van der Waals surface area contributed by atoms with Crippen molar-refractivity contribution >= 4 is 33.2 Å². The van der Waals surface area contributed by atoms with Crippen molar-refractivity contribution in [1.82, 2.24) is 14.5 Å². The first-order valence-electron chi connectivity index (χ1n) is 19.3. The van der Waals surface area contributed by atoms with Crippen molar-refractivity contribution < 1.29 is 22.7 Å². The normalized spacial score (nSPS) is 36.1. The van der Waals surface area contributed by atoms with Crippen molar-refractivity contribution in [2.75, 3.05) is 58.4 Å². The maximum Gasteiger partial charge on any atom is 0.264 e. The fourth-order valence-corrected chi connectivity index (χ4v) is 11.3. The van der Waals surface area contributed by atoms with E-state index < -0.39 is 26.8 Å². The molecule has 3 aliphatic heterocycles. The lowest BCUT2D eigenvalue weighted by atomic mass is 9.63. The highest BCUT2D eigenvalue weighted by molar-refractivity contribution is 7.90. The van der Waals surface area contributed by atoms with Gasteiger partial charge >= 0.3 is 0 Å². The Labute approximate surface area is 316 Å². The van der Waals surface area contributed by atoms with Gasteiger partial charge in [0.15, 0.2) is 0 Å². The zero-order valence-corrected chi connectivity index (χ0v) is 33.3. The van der Waals surface area contributed by atoms with Crippen LogP contribution in [0.1, 0.15) is 81.3 Å². The monoisotopic (exact) mass is 752 g/mol. The number of nitrogens with zero attached hydrogens (tertiary/aromatic N) is 3. The van der Waals surface area contributed by atoms with Crippen molar-refractivity contribution in [2.45, 2.75) is 94.6 Å². The van der Waals surface area contributed by atoms with Gasteiger partial charge in [0.1, 0.15) is 11.4 Å². The number of aryl methyl sites for hydroxylation is 1. The highest BCUT2D eigenvalue weighted by Crippen LogP contribution is 2.49. The molecule has 1 amide bonds. The van der Waals surface area contributed by atoms with Gasteiger partial charge in [0.25, 0.3) is 5.91 Å². The van der Waals surface area contributed by atoms with Crippen LogP contribution in [0.3, 0.4) is 0 Å². The first-order chi connectivity index (χ1) is 24.7. The average Bonchev–Trinajstić information content (AvgIpc) is 3.24. The molecule has 1 unspecified atom stereocenters. The minimum atomic E-state index is -3.95. The molecule has 2 aromatic rings. The number of benzene rings is 2. The number of ether oxygens (including phenoxy) is 2. The highest BCUT2D eigenvalue weighted by atomic mass is 35.5. The molecular weight excluding hydrogens is 696 g/mol. The molecule has 1 saturated heterocycles. The third-order valence-corrected chi connectivity index (χ3v) is 15.7. The Hall–Kier alpha value is -2.63. The van der Waals surface area contributed by atoms with Crippen LogP contribution in [0.2, 0.25) is 5.02 Å². The van der Waals surface area contributed by atoms with Crippen molar-refractivity contribution in [3.63, 3.8) is 0 Å². The third kappa shape index (κ3) is 7.03. The quantitative estimate of drug-likeness (QED) is 0.366. The number of carbonyl (C=O) groups excluding carboxylic acids is 1. The molecule has 0 radical (unpaired) electrons. The molecule has 3 heterocycles. The number of fused-ring (bicyclic) bond motifs is 4. The average molecular weight is 753 g/mol. The molecule has 52 heavy (non-hydrogen) atoms. The molecule has 11 heteroatoms. The summed E-state index contributed by atoms with van der Waals surface area (Å²) in [5.74, 6) is 0.484.